The van der Waals surface area contributed by atoms with Gasteiger partial charge in [0.2, 0.25) is 0 Å². The highest BCUT2D eigenvalue weighted by molar-refractivity contribution is 5.98. The van der Waals surface area contributed by atoms with Crippen LogP contribution in [0.25, 0.3) is 0 Å². The minimum atomic E-state index is -0.475. The zero-order chi connectivity index (χ0) is 14.4. The molecule has 0 saturated carbocycles. The van der Waals surface area contributed by atoms with E-state index >= 15 is 0 Å². The smallest absolute Gasteiger partial charge is 0.338 e. The summed E-state index contributed by atoms with van der Waals surface area (Å²) in [5.74, 6) is 0.353. The Balaban J connectivity index is 2.99. The van der Waals surface area contributed by atoms with Crippen LogP contribution in [-0.4, -0.2) is 25.5 Å². The molecular formula is C15H20O4. The molecule has 0 bridgehead atoms. The van der Waals surface area contributed by atoms with Gasteiger partial charge in [-0.1, -0.05) is 20.3 Å². The van der Waals surface area contributed by atoms with E-state index in [4.69, 9.17) is 4.74 Å². The fourth-order valence-corrected chi connectivity index (χ4v) is 1.48. The summed E-state index contributed by atoms with van der Waals surface area (Å²) in [6.07, 6.45) is 1.01. The van der Waals surface area contributed by atoms with E-state index in [1.165, 1.54) is 20.1 Å². The van der Waals surface area contributed by atoms with Gasteiger partial charge in [0.15, 0.2) is 5.78 Å². The predicted octanol–water partition coefficient (Wildman–Crippen LogP) is 3.10. The van der Waals surface area contributed by atoms with Crippen molar-refractivity contribution in [1.29, 1.82) is 0 Å². The lowest BCUT2D eigenvalue weighted by molar-refractivity contribution is 0.0600. The largest absolute Gasteiger partial charge is 0.493 e. The van der Waals surface area contributed by atoms with Gasteiger partial charge in [-0.2, -0.15) is 0 Å². The number of ether oxygens (including phenoxy) is 2. The molecule has 4 heteroatoms. The van der Waals surface area contributed by atoms with Crippen molar-refractivity contribution in [1.82, 2.24) is 0 Å². The fraction of sp³-hybridized carbons (Fsp3) is 0.467. The van der Waals surface area contributed by atoms with Crippen molar-refractivity contribution in [3.63, 3.8) is 0 Å². The van der Waals surface area contributed by atoms with Crippen LogP contribution in [0.2, 0.25) is 0 Å². The Morgan fingerprint density at radius 2 is 1.84 bits per heavy atom. The van der Waals surface area contributed by atoms with Crippen LogP contribution in [0, 0.1) is 5.92 Å². The van der Waals surface area contributed by atoms with E-state index in [-0.39, 0.29) is 5.78 Å². The number of benzene rings is 1. The highest BCUT2D eigenvalue weighted by atomic mass is 16.5. The van der Waals surface area contributed by atoms with Crippen molar-refractivity contribution in [2.75, 3.05) is 13.7 Å². The monoisotopic (exact) mass is 264 g/mol. The Hall–Kier alpha value is -1.84. The summed E-state index contributed by atoms with van der Waals surface area (Å²) < 4.78 is 10.3. The third kappa shape index (κ3) is 4.39. The van der Waals surface area contributed by atoms with Crippen LogP contribution < -0.4 is 4.74 Å². The lowest BCUT2D eigenvalue weighted by Crippen LogP contribution is -2.09. The number of methoxy groups -OCH3 is 1. The zero-order valence-corrected chi connectivity index (χ0v) is 11.9. The Labute approximate surface area is 113 Å². The number of rotatable bonds is 6. The molecule has 0 fully saturated rings. The van der Waals surface area contributed by atoms with Crippen molar-refractivity contribution in [3.8, 4) is 5.75 Å². The van der Waals surface area contributed by atoms with E-state index in [0.29, 0.717) is 29.4 Å². The first-order valence-corrected chi connectivity index (χ1v) is 6.35. The summed E-state index contributed by atoms with van der Waals surface area (Å²) in [5, 5.41) is 0. The van der Waals surface area contributed by atoms with Gasteiger partial charge in [-0.25, -0.2) is 4.79 Å². The molecule has 0 amide bonds. The van der Waals surface area contributed by atoms with Gasteiger partial charge in [0.1, 0.15) is 5.75 Å². The van der Waals surface area contributed by atoms with E-state index in [1.54, 1.807) is 12.1 Å². The summed E-state index contributed by atoms with van der Waals surface area (Å²) in [6, 6.07) is 4.77. The molecule has 0 saturated heterocycles. The molecule has 1 atom stereocenters. The van der Waals surface area contributed by atoms with Gasteiger partial charge >= 0.3 is 5.97 Å². The highest BCUT2D eigenvalue weighted by Crippen LogP contribution is 2.19. The van der Waals surface area contributed by atoms with Crippen molar-refractivity contribution >= 4 is 11.8 Å². The molecule has 1 aromatic carbocycles. The molecule has 0 aliphatic carbocycles. The third-order valence-corrected chi connectivity index (χ3v) is 2.97. The van der Waals surface area contributed by atoms with Gasteiger partial charge in [0, 0.05) is 5.56 Å². The van der Waals surface area contributed by atoms with Gasteiger partial charge in [-0.05, 0) is 31.0 Å². The molecule has 0 heterocycles. The first kappa shape index (κ1) is 15.2. The molecule has 0 spiro atoms. The molecule has 19 heavy (non-hydrogen) atoms. The van der Waals surface area contributed by atoms with Crippen LogP contribution in [0.3, 0.4) is 0 Å². The molecule has 104 valence electrons. The van der Waals surface area contributed by atoms with Gasteiger partial charge in [0.05, 0.1) is 19.3 Å². The lowest BCUT2D eigenvalue weighted by Gasteiger charge is -2.12. The second-order valence-corrected chi connectivity index (χ2v) is 4.62. The molecule has 1 aromatic rings. The van der Waals surface area contributed by atoms with E-state index in [9.17, 15) is 9.59 Å². The van der Waals surface area contributed by atoms with Crippen LogP contribution in [0.4, 0.5) is 0 Å². The second kappa shape index (κ2) is 6.92. The molecule has 0 aliphatic heterocycles. The van der Waals surface area contributed by atoms with Gasteiger partial charge in [-0.15, -0.1) is 0 Å². The van der Waals surface area contributed by atoms with Crippen molar-refractivity contribution in [2.45, 2.75) is 27.2 Å². The van der Waals surface area contributed by atoms with E-state index < -0.39 is 5.97 Å². The second-order valence-electron chi connectivity index (χ2n) is 4.62. The van der Waals surface area contributed by atoms with Gasteiger partial charge < -0.3 is 9.47 Å². The molecule has 0 aromatic heterocycles. The first-order chi connectivity index (χ1) is 8.97. The summed E-state index contributed by atoms with van der Waals surface area (Å²) >= 11 is 0. The summed E-state index contributed by atoms with van der Waals surface area (Å²) in [4.78, 5) is 23.0. The number of esters is 1. The number of carbonyl (C=O) groups excluding carboxylic acids is 2. The number of Topliss-reactive ketones (excluding diaryl/α,β-unsaturated/α-hetero) is 1. The Morgan fingerprint density at radius 3 is 2.37 bits per heavy atom. The molecule has 0 radical (unpaired) electrons. The summed E-state index contributed by atoms with van der Waals surface area (Å²) in [7, 11) is 1.31. The SMILES string of the molecule is CC[C@H](C)COc1cc(C(C)=O)cc(C(=O)OC)c1. The minimum absolute atomic E-state index is 0.112. The molecule has 0 aliphatic rings. The lowest BCUT2D eigenvalue weighted by atomic mass is 10.1. The molecule has 4 nitrogen and oxygen atoms in total. The maximum atomic E-state index is 11.5. The van der Waals surface area contributed by atoms with Crippen LogP contribution in [-0.2, 0) is 4.74 Å². The number of ketones is 1. The van der Waals surface area contributed by atoms with E-state index in [0.717, 1.165) is 6.42 Å². The van der Waals surface area contributed by atoms with Crippen molar-refractivity contribution in [3.05, 3.63) is 29.3 Å². The van der Waals surface area contributed by atoms with Crippen LogP contribution in [0.15, 0.2) is 18.2 Å². The standard InChI is InChI=1S/C15H20O4/c1-5-10(2)9-19-14-7-12(11(3)16)6-13(8-14)15(17)18-4/h6-8,10H,5,9H2,1-4H3/t10-/m0/s1. The molecular weight excluding hydrogens is 244 g/mol. The highest BCUT2D eigenvalue weighted by Gasteiger charge is 2.12. The maximum Gasteiger partial charge on any atom is 0.338 e. The zero-order valence-electron chi connectivity index (χ0n) is 11.9. The predicted molar refractivity (Wildman–Crippen MR) is 72.7 cm³/mol. The quantitative estimate of drug-likeness (QED) is 0.585. The normalized spacial score (nSPS) is 11.8. The van der Waals surface area contributed by atoms with Gasteiger partial charge in [-0.3, -0.25) is 4.79 Å². The van der Waals surface area contributed by atoms with Crippen molar-refractivity contribution < 1.29 is 19.1 Å². The van der Waals surface area contributed by atoms with E-state index in [1.807, 2.05) is 0 Å². The van der Waals surface area contributed by atoms with Gasteiger partial charge in [0.25, 0.3) is 0 Å². The van der Waals surface area contributed by atoms with Crippen LogP contribution in [0.1, 0.15) is 47.9 Å². The van der Waals surface area contributed by atoms with Crippen LogP contribution >= 0.6 is 0 Å². The number of hydrogen-bond donors (Lipinski definition) is 0. The Bertz CT molecular complexity index is 465. The summed E-state index contributed by atoms with van der Waals surface area (Å²) in [5.41, 5.74) is 0.774. The average Bonchev–Trinajstić information content (AvgIpc) is 2.43. The Morgan fingerprint density at radius 1 is 1.21 bits per heavy atom. The molecule has 0 unspecified atom stereocenters. The maximum absolute atomic E-state index is 11.5. The fourth-order valence-electron chi connectivity index (χ4n) is 1.48. The first-order valence-electron chi connectivity index (χ1n) is 6.35. The molecule has 0 N–H and O–H groups in total. The number of carbonyl (C=O) groups is 2. The number of hydrogen-bond acceptors (Lipinski definition) is 4. The van der Waals surface area contributed by atoms with Crippen LogP contribution in [0.5, 0.6) is 5.75 Å². The molecule has 1 rings (SSSR count). The summed E-state index contributed by atoms with van der Waals surface area (Å²) in [6.45, 7) is 6.17. The topological polar surface area (TPSA) is 52.6 Å². The van der Waals surface area contributed by atoms with E-state index in [2.05, 4.69) is 18.6 Å². The minimum Gasteiger partial charge on any atom is -0.493 e. The average molecular weight is 264 g/mol. The third-order valence-electron chi connectivity index (χ3n) is 2.97. The Kier molecular flexibility index (Phi) is 5.55. The van der Waals surface area contributed by atoms with Crippen molar-refractivity contribution in [2.24, 2.45) is 5.92 Å².